The Morgan fingerprint density at radius 2 is 2.00 bits per heavy atom. The largest absolute Gasteiger partial charge is 0.370 e. The van der Waals surface area contributed by atoms with Crippen molar-refractivity contribution in [1.82, 2.24) is 14.9 Å². The third kappa shape index (κ3) is 3.82. The first kappa shape index (κ1) is 15.0. The van der Waals surface area contributed by atoms with Crippen molar-refractivity contribution in [2.75, 3.05) is 37.3 Å². The van der Waals surface area contributed by atoms with Gasteiger partial charge in [0.2, 0.25) is 0 Å². The Labute approximate surface area is 122 Å². The lowest BCUT2D eigenvalue weighted by Gasteiger charge is -2.20. The number of anilines is 2. The molecule has 2 heterocycles. The van der Waals surface area contributed by atoms with Crippen molar-refractivity contribution in [3.63, 3.8) is 0 Å². The highest BCUT2D eigenvalue weighted by molar-refractivity contribution is 5.48. The molecular weight excluding hydrogens is 250 g/mol. The summed E-state index contributed by atoms with van der Waals surface area (Å²) in [5.74, 6) is 2.72. The molecule has 0 amide bonds. The van der Waals surface area contributed by atoms with Crippen LogP contribution in [-0.2, 0) is 5.41 Å². The average Bonchev–Trinajstić information content (AvgIpc) is 2.74. The summed E-state index contributed by atoms with van der Waals surface area (Å²) in [6.07, 6.45) is 1.17. The summed E-state index contributed by atoms with van der Waals surface area (Å²) in [7, 11) is 2.16. The molecule has 1 fully saturated rings. The third-order valence-electron chi connectivity index (χ3n) is 3.50. The van der Waals surface area contributed by atoms with E-state index in [1.165, 1.54) is 6.42 Å². The van der Waals surface area contributed by atoms with Crippen LogP contribution in [0.2, 0.25) is 0 Å². The van der Waals surface area contributed by atoms with Crippen molar-refractivity contribution in [3.8, 4) is 0 Å². The van der Waals surface area contributed by atoms with Crippen LogP contribution in [0.25, 0.3) is 0 Å². The van der Waals surface area contributed by atoms with Crippen molar-refractivity contribution in [1.29, 1.82) is 0 Å². The van der Waals surface area contributed by atoms with Crippen LogP contribution in [0.4, 0.5) is 11.6 Å². The van der Waals surface area contributed by atoms with Crippen molar-refractivity contribution < 1.29 is 0 Å². The molecule has 1 aromatic rings. The standard InChI is InChI=1S/C15H27N5/c1-6-16-12-9-13(17-11-7-8-20(5)10-11)19-14(18-12)15(2,3)4/h9,11H,6-8,10H2,1-5H3,(H2,16,17,18,19). The highest BCUT2D eigenvalue weighted by Crippen LogP contribution is 2.23. The van der Waals surface area contributed by atoms with E-state index in [4.69, 9.17) is 4.98 Å². The van der Waals surface area contributed by atoms with Gasteiger partial charge in [-0.05, 0) is 26.9 Å². The van der Waals surface area contributed by atoms with Gasteiger partial charge in [0, 0.05) is 30.6 Å². The van der Waals surface area contributed by atoms with E-state index >= 15 is 0 Å². The SMILES string of the molecule is CCNc1cc(NC2CCN(C)C2)nc(C(C)(C)C)n1. The number of likely N-dealkylation sites (tertiary alicyclic amines) is 1. The number of rotatable bonds is 4. The minimum absolute atomic E-state index is 0.0473. The normalized spacial score (nSPS) is 20.1. The van der Waals surface area contributed by atoms with Gasteiger partial charge >= 0.3 is 0 Å². The molecule has 0 aliphatic carbocycles. The zero-order valence-corrected chi connectivity index (χ0v) is 13.3. The van der Waals surface area contributed by atoms with Gasteiger partial charge < -0.3 is 15.5 Å². The van der Waals surface area contributed by atoms with Gasteiger partial charge in [-0.3, -0.25) is 0 Å². The topological polar surface area (TPSA) is 53.1 Å². The maximum atomic E-state index is 4.69. The maximum Gasteiger partial charge on any atom is 0.138 e. The van der Waals surface area contributed by atoms with Crippen LogP contribution in [0.5, 0.6) is 0 Å². The van der Waals surface area contributed by atoms with E-state index < -0.39 is 0 Å². The summed E-state index contributed by atoms with van der Waals surface area (Å²) in [6.45, 7) is 11.6. The first-order valence-corrected chi connectivity index (χ1v) is 7.47. The lowest BCUT2D eigenvalue weighted by Crippen LogP contribution is -2.25. The van der Waals surface area contributed by atoms with E-state index in [1.807, 2.05) is 6.07 Å². The number of hydrogen-bond acceptors (Lipinski definition) is 5. The summed E-state index contributed by atoms with van der Waals surface area (Å²) in [6, 6.07) is 2.49. The molecule has 0 aromatic carbocycles. The Morgan fingerprint density at radius 3 is 2.55 bits per heavy atom. The molecule has 5 heteroatoms. The van der Waals surface area contributed by atoms with Gasteiger partial charge in [0.1, 0.15) is 17.5 Å². The maximum absolute atomic E-state index is 4.69. The van der Waals surface area contributed by atoms with Crippen LogP contribution >= 0.6 is 0 Å². The Balaban J connectivity index is 2.20. The highest BCUT2D eigenvalue weighted by Gasteiger charge is 2.22. The fourth-order valence-corrected chi connectivity index (χ4v) is 2.39. The summed E-state index contributed by atoms with van der Waals surface area (Å²) in [5, 5.41) is 6.84. The minimum Gasteiger partial charge on any atom is -0.370 e. The molecule has 20 heavy (non-hydrogen) atoms. The lowest BCUT2D eigenvalue weighted by atomic mass is 9.96. The Kier molecular flexibility index (Phi) is 4.48. The van der Waals surface area contributed by atoms with Crippen LogP contribution in [0, 0.1) is 0 Å². The first-order chi connectivity index (χ1) is 9.38. The van der Waals surface area contributed by atoms with Gasteiger partial charge in [-0.15, -0.1) is 0 Å². The van der Waals surface area contributed by atoms with E-state index in [9.17, 15) is 0 Å². The van der Waals surface area contributed by atoms with Crippen molar-refractivity contribution in [2.24, 2.45) is 0 Å². The van der Waals surface area contributed by atoms with Crippen molar-refractivity contribution in [3.05, 3.63) is 11.9 Å². The summed E-state index contributed by atoms with van der Waals surface area (Å²) < 4.78 is 0. The van der Waals surface area contributed by atoms with Crippen LogP contribution < -0.4 is 10.6 Å². The molecule has 0 bridgehead atoms. The Hall–Kier alpha value is -1.36. The van der Waals surface area contributed by atoms with Gasteiger partial charge in [0.25, 0.3) is 0 Å². The summed E-state index contributed by atoms with van der Waals surface area (Å²) >= 11 is 0. The summed E-state index contributed by atoms with van der Waals surface area (Å²) in [4.78, 5) is 11.6. The molecule has 2 rings (SSSR count). The molecular formula is C15H27N5. The summed E-state index contributed by atoms with van der Waals surface area (Å²) in [5.41, 5.74) is -0.0473. The molecule has 5 nitrogen and oxygen atoms in total. The minimum atomic E-state index is -0.0473. The predicted octanol–water partition coefficient (Wildman–Crippen LogP) is 2.32. The molecule has 112 valence electrons. The fourth-order valence-electron chi connectivity index (χ4n) is 2.39. The fraction of sp³-hybridized carbons (Fsp3) is 0.733. The van der Waals surface area contributed by atoms with Gasteiger partial charge in [-0.25, -0.2) is 9.97 Å². The van der Waals surface area contributed by atoms with E-state index in [0.717, 1.165) is 37.1 Å². The number of hydrogen-bond donors (Lipinski definition) is 2. The molecule has 1 aliphatic heterocycles. The van der Waals surface area contributed by atoms with E-state index in [2.05, 4.69) is 55.3 Å². The molecule has 0 radical (unpaired) electrons. The van der Waals surface area contributed by atoms with E-state index in [0.29, 0.717) is 6.04 Å². The predicted molar refractivity (Wildman–Crippen MR) is 84.4 cm³/mol. The number of nitrogens with zero attached hydrogens (tertiary/aromatic N) is 3. The average molecular weight is 277 g/mol. The van der Waals surface area contributed by atoms with Crippen LogP contribution in [-0.4, -0.2) is 47.6 Å². The van der Waals surface area contributed by atoms with Crippen molar-refractivity contribution in [2.45, 2.75) is 45.6 Å². The highest BCUT2D eigenvalue weighted by atomic mass is 15.2. The van der Waals surface area contributed by atoms with Gasteiger partial charge in [-0.2, -0.15) is 0 Å². The second kappa shape index (κ2) is 5.95. The van der Waals surface area contributed by atoms with E-state index in [1.54, 1.807) is 0 Å². The Bertz CT molecular complexity index is 452. The molecule has 1 aromatic heterocycles. The zero-order valence-electron chi connectivity index (χ0n) is 13.3. The van der Waals surface area contributed by atoms with E-state index in [-0.39, 0.29) is 5.41 Å². The van der Waals surface area contributed by atoms with Gasteiger partial charge in [-0.1, -0.05) is 20.8 Å². The van der Waals surface area contributed by atoms with Crippen LogP contribution in [0.1, 0.15) is 39.9 Å². The van der Waals surface area contributed by atoms with Crippen molar-refractivity contribution >= 4 is 11.6 Å². The molecule has 2 N–H and O–H groups in total. The first-order valence-electron chi connectivity index (χ1n) is 7.47. The molecule has 1 aliphatic rings. The molecule has 1 saturated heterocycles. The molecule has 1 atom stereocenters. The molecule has 1 unspecified atom stereocenters. The number of aromatic nitrogens is 2. The van der Waals surface area contributed by atoms with Crippen LogP contribution in [0.3, 0.4) is 0 Å². The zero-order chi connectivity index (χ0) is 14.8. The molecule has 0 saturated carbocycles. The monoisotopic (exact) mass is 277 g/mol. The lowest BCUT2D eigenvalue weighted by molar-refractivity contribution is 0.414. The number of likely N-dealkylation sites (N-methyl/N-ethyl adjacent to an activating group) is 1. The molecule has 0 spiro atoms. The third-order valence-corrected chi connectivity index (χ3v) is 3.50. The second-order valence-corrected chi connectivity index (χ2v) is 6.63. The quantitative estimate of drug-likeness (QED) is 0.884. The number of nitrogens with one attached hydrogen (secondary N) is 2. The van der Waals surface area contributed by atoms with Gasteiger partial charge in [0.15, 0.2) is 0 Å². The Morgan fingerprint density at radius 1 is 1.30 bits per heavy atom. The smallest absolute Gasteiger partial charge is 0.138 e. The second-order valence-electron chi connectivity index (χ2n) is 6.63. The van der Waals surface area contributed by atoms with Gasteiger partial charge in [0.05, 0.1) is 0 Å². The van der Waals surface area contributed by atoms with Crippen LogP contribution in [0.15, 0.2) is 6.07 Å².